The van der Waals surface area contributed by atoms with Crippen LogP contribution in [0.1, 0.15) is 27.0 Å². The quantitative estimate of drug-likeness (QED) is 0.743. The lowest BCUT2D eigenvalue weighted by molar-refractivity contribution is 0.102. The summed E-state index contributed by atoms with van der Waals surface area (Å²) in [6, 6.07) is 16.3. The molecule has 1 N–H and O–H groups in total. The zero-order chi connectivity index (χ0) is 18.7. The highest BCUT2D eigenvalue weighted by Crippen LogP contribution is 2.17. The van der Waals surface area contributed by atoms with Gasteiger partial charge < -0.3 is 9.88 Å². The van der Waals surface area contributed by atoms with Crippen molar-refractivity contribution >= 4 is 23.2 Å². The molecule has 0 saturated heterocycles. The van der Waals surface area contributed by atoms with E-state index in [-0.39, 0.29) is 11.1 Å². The third kappa shape index (κ3) is 4.03. The summed E-state index contributed by atoms with van der Waals surface area (Å²) < 4.78 is 1.52. The van der Waals surface area contributed by atoms with E-state index in [2.05, 4.69) is 5.32 Å². The summed E-state index contributed by atoms with van der Waals surface area (Å²) in [6.45, 7) is 4.25. The summed E-state index contributed by atoms with van der Waals surface area (Å²) >= 11 is 5.89. The first kappa shape index (κ1) is 18.0. The smallest absolute Gasteiger partial charge is 0.263 e. The Balaban J connectivity index is 1.86. The molecule has 0 fully saturated rings. The molecule has 0 unspecified atom stereocenters. The Morgan fingerprint density at radius 2 is 1.81 bits per heavy atom. The number of carbonyl (C=O) groups excluding carboxylic acids is 1. The fourth-order valence-corrected chi connectivity index (χ4v) is 2.81. The van der Waals surface area contributed by atoms with Crippen molar-refractivity contribution in [3.8, 4) is 0 Å². The number of nitrogens with one attached hydrogen (secondary N) is 1. The predicted octanol–water partition coefficient (Wildman–Crippen LogP) is 4.42. The largest absolute Gasteiger partial charge is 0.322 e. The molecule has 0 radical (unpaired) electrons. The number of aryl methyl sites for hydroxylation is 2. The highest BCUT2D eigenvalue weighted by molar-refractivity contribution is 6.30. The molecule has 1 amide bonds. The number of halogens is 1. The second-order valence-corrected chi connectivity index (χ2v) is 6.69. The van der Waals surface area contributed by atoms with Gasteiger partial charge in [0.25, 0.3) is 11.5 Å². The topological polar surface area (TPSA) is 51.1 Å². The van der Waals surface area contributed by atoms with Crippen molar-refractivity contribution in [1.82, 2.24) is 4.57 Å². The molecule has 0 aliphatic carbocycles. The zero-order valence-electron chi connectivity index (χ0n) is 14.6. The van der Waals surface area contributed by atoms with Crippen LogP contribution in [-0.2, 0) is 6.54 Å². The maximum Gasteiger partial charge on any atom is 0.263 e. The number of rotatable bonds is 4. The SMILES string of the molecule is Cc1ccc(C)c(NC(=O)c2cccn(Cc3ccc(Cl)cc3)c2=O)c1. The van der Waals surface area contributed by atoms with Crippen LogP contribution in [0, 0.1) is 13.8 Å². The van der Waals surface area contributed by atoms with E-state index in [1.807, 2.05) is 44.2 Å². The molecule has 3 rings (SSSR count). The standard InChI is InChI=1S/C21H19ClN2O2/c1-14-5-6-15(2)19(12-14)23-20(25)18-4-3-11-24(21(18)26)13-16-7-9-17(22)10-8-16/h3-12H,13H2,1-2H3,(H,23,25). The molecule has 1 aromatic heterocycles. The Kier molecular flexibility index (Phi) is 5.24. The molecule has 4 nitrogen and oxygen atoms in total. The van der Waals surface area contributed by atoms with Crippen molar-refractivity contribution in [2.75, 3.05) is 5.32 Å². The van der Waals surface area contributed by atoms with Gasteiger partial charge in [-0.25, -0.2) is 0 Å². The second kappa shape index (κ2) is 7.58. The number of amides is 1. The Labute approximate surface area is 157 Å². The van der Waals surface area contributed by atoms with Crippen LogP contribution in [0.25, 0.3) is 0 Å². The van der Waals surface area contributed by atoms with Crippen molar-refractivity contribution < 1.29 is 4.79 Å². The van der Waals surface area contributed by atoms with Crippen LogP contribution in [0.15, 0.2) is 65.6 Å². The lowest BCUT2D eigenvalue weighted by Crippen LogP contribution is -2.29. The fourth-order valence-electron chi connectivity index (χ4n) is 2.68. The van der Waals surface area contributed by atoms with E-state index >= 15 is 0 Å². The molecular formula is C21H19ClN2O2. The van der Waals surface area contributed by atoms with Crippen LogP contribution in [0.4, 0.5) is 5.69 Å². The molecule has 132 valence electrons. The molecule has 0 aliphatic heterocycles. The Bertz CT molecular complexity index is 1010. The zero-order valence-corrected chi connectivity index (χ0v) is 15.4. The fraction of sp³-hybridized carbons (Fsp3) is 0.143. The Morgan fingerprint density at radius 1 is 1.08 bits per heavy atom. The van der Waals surface area contributed by atoms with Crippen LogP contribution in [0.2, 0.25) is 5.02 Å². The van der Waals surface area contributed by atoms with E-state index < -0.39 is 5.91 Å². The lowest BCUT2D eigenvalue weighted by atomic mass is 10.1. The van der Waals surface area contributed by atoms with E-state index in [1.54, 1.807) is 30.5 Å². The van der Waals surface area contributed by atoms with Crippen molar-refractivity contribution in [1.29, 1.82) is 0 Å². The molecule has 2 aromatic carbocycles. The highest BCUT2D eigenvalue weighted by atomic mass is 35.5. The van der Waals surface area contributed by atoms with Gasteiger partial charge in [0.2, 0.25) is 0 Å². The summed E-state index contributed by atoms with van der Waals surface area (Å²) in [5.41, 5.74) is 3.42. The van der Waals surface area contributed by atoms with Crippen LogP contribution in [0.5, 0.6) is 0 Å². The number of hydrogen-bond donors (Lipinski definition) is 1. The van der Waals surface area contributed by atoms with Gasteiger partial charge in [0.15, 0.2) is 0 Å². The van der Waals surface area contributed by atoms with Crippen LogP contribution in [0.3, 0.4) is 0 Å². The van der Waals surface area contributed by atoms with Crippen molar-refractivity contribution in [2.24, 2.45) is 0 Å². The van der Waals surface area contributed by atoms with Gasteiger partial charge in [-0.1, -0.05) is 35.9 Å². The number of hydrogen-bond acceptors (Lipinski definition) is 2. The third-order valence-electron chi connectivity index (χ3n) is 4.17. The van der Waals surface area contributed by atoms with Gasteiger partial charge >= 0.3 is 0 Å². The minimum atomic E-state index is -0.408. The van der Waals surface area contributed by atoms with Gasteiger partial charge in [-0.3, -0.25) is 9.59 Å². The Morgan fingerprint density at radius 3 is 2.54 bits per heavy atom. The highest BCUT2D eigenvalue weighted by Gasteiger charge is 2.13. The third-order valence-corrected chi connectivity index (χ3v) is 4.42. The number of nitrogens with zero attached hydrogens (tertiary/aromatic N) is 1. The van der Waals surface area contributed by atoms with Crippen molar-refractivity contribution in [2.45, 2.75) is 20.4 Å². The van der Waals surface area contributed by atoms with Crippen LogP contribution < -0.4 is 10.9 Å². The molecule has 26 heavy (non-hydrogen) atoms. The molecule has 5 heteroatoms. The van der Waals surface area contributed by atoms with Gasteiger partial charge in [-0.05, 0) is 60.9 Å². The van der Waals surface area contributed by atoms with Crippen molar-refractivity contribution in [3.63, 3.8) is 0 Å². The minimum absolute atomic E-state index is 0.113. The molecule has 0 atom stereocenters. The molecule has 0 spiro atoms. The van der Waals surface area contributed by atoms with Gasteiger partial charge in [-0.2, -0.15) is 0 Å². The van der Waals surface area contributed by atoms with E-state index in [9.17, 15) is 9.59 Å². The monoisotopic (exact) mass is 366 g/mol. The average Bonchev–Trinajstić information content (AvgIpc) is 2.62. The Hall–Kier alpha value is -2.85. The molecule has 0 bridgehead atoms. The first-order valence-electron chi connectivity index (χ1n) is 8.26. The second-order valence-electron chi connectivity index (χ2n) is 6.25. The molecular weight excluding hydrogens is 348 g/mol. The summed E-state index contributed by atoms with van der Waals surface area (Å²) in [4.78, 5) is 25.3. The van der Waals surface area contributed by atoms with Crippen molar-refractivity contribution in [3.05, 3.63) is 98.4 Å². The average molecular weight is 367 g/mol. The number of benzene rings is 2. The summed E-state index contributed by atoms with van der Waals surface area (Å²) in [6.07, 6.45) is 1.67. The summed E-state index contributed by atoms with van der Waals surface area (Å²) in [7, 11) is 0. The predicted molar refractivity (Wildman–Crippen MR) is 105 cm³/mol. The normalized spacial score (nSPS) is 10.6. The molecule has 1 heterocycles. The van der Waals surface area contributed by atoms with E-state index in [4.69, 9.17) is 11.6 Å². The molecule has 3 aromatic rings. The van der Waals surface area contributed by atoms with Gasteiger partial charge in [0.05, 0.1) is 6.54 Å². The van der Waals surface area contributed by atoms with E-state index in [0.717, 1.165) is 16.7 Å². The number of pyridine rings is 1. The van der Waals surface area contributed by atoms with Crippen LogP contribution >= 0.6 is 11.6 Å². The lowest BCUT2D eigenvalue weighted by Gasteiger charge is -2.11. The van der Waals surface area contributed by atoms with Gasteiger partial charge in [0.1, 0.15) is 5.56 Å². The minimum Gasteiger partial charge on any atom is -0.322 e. The molecule has 0 saturated carbocycles. The summed E-state index contributed by atoms with van der Waals surface area (Å²) in [5, 5.41) is 3.48. The van der Waals surface area contributed by atoms with Gasteiger partial charge in [0, 0.05) is 16.9 Å². The summed E-state index contributed by atoms with van der Waals surface area (Å²) in [5.74, 6) is -0.408. The van der Waals surface area contributed by atoms with E-state index in [1.165, 1.54) is 4.57 Å². The maximum atomic E-state index is 12.7. The van der Waals surface area contributed by atoms with Gasteiger partial charge in [-0.15, -0.1) is 0 Å². The number of carbonyl (C=O) groups is 1. The maximum absolute atomic E-state index is 12.7. The van der Waals surface area contributed by atoms with E-state index in [0.29, 0.717) is 17.3 Å². The molecule has 0 aliphatic rings. The number of anilines is 1. The first-order valence-corrected chi connectivity index (χ1v) is 8.64. The van der Waals surface area contributed by atoms with Crippen LogP contribution in [-0.4, -0.2) is 10.5 Å². The number of aromatic nitrogens is 1. The first-order chi connectivity index (χ1) is 12.4.